The zero-order chi connectivity index (χ0) is 15.3. The summed E-state index contributed by atoms with van der Waals surface area (Å²) in [4.78, 5) is 23.3. The Morgan fingerprint density at radius 3 is 2.76 bits per heavy atom. The molecule has 114 valence electrons. The van der Waals surface area contributed by atoms with Gasteiger partial charge in [0, 0.05) is 10.8 Å². The van der Waals surface area contributed by atoms with Crippen molar-refractivity contribution in [1.29, 1.82) is 0 Å². The third-order valence-corrected chi connectivity index (χ3v) is 4.80. The van der Waals surface area contributed by atoms with Gasteiger partial charge >= 0.3 is 12.1 Å². The molecule has 0 aliphatic carbocycles. The lowest BCUT2D eigenvalue weighted by Crippen LogP contribution is -2.44. The van der Waals surface area contributed by atoms with Crippen molar-refractivity contribution < 1.29 is 19.1 Å². The molecule has 1 aliphatic rings. The van der Waals surface area contributed by atoms with E-state index >= 15 is 0 Å². The molecule has 5 nitrogen and oxygen atoms in total. The molecule has 6 heteroatoms. The minimum atomic E-state index is -0.608. The lowest BCUT2D eigenvalue weighted by molar-refractivity contribution is -0.148. The fourth-order valence-corrected chi connectivity index (χ4v) is 2.98. The molecule has 1 heterocycles. The average Bonchev–Trinajstić information content (AvgIpc) is 2.80. The number of nitrogens with one attached hydrogen (secondary N) is 1. The number of alkyl halides is 1. The second kappa shape index (κ2) is 7.11. The Hall–Kier alpha value is -1.31. The summed E-state index contributed by atoms with van der Waals surface area (Å²) in [6.07, 6.45) is 0.118. The Balaban J connectivity index is 1.79. The van der Waals surface area contributed by atoms with Gasteiger partial charge in [-0.25, -0.2) is 4.79 Å². The van der Waals surface area contributed by atoms with E-state index in [9.17, 15) is 9.59 Å². The first-order chi connectivity index (χ1) is 10.0. The number of cyclic esters (lactones) is 1. The summed E-state index contributed by atoms with van der Waals surface area (Å²) in [5, 5.41) is 2.68. The SMILES string of the molecule is C[C@H]1C[C@@](CI)(CNC(=O)OCc2ccccc2)OC1=O. The third-order valence-electron chi connectivity index (χ3n) is 3.41. The van der Waals surface area contributed by atoms with Crippen molar-refractivity contribution in [2.45, 2.75) is 25.6 Å². The smallest absolute Gasteiger partial charge is 0.407 e. The van der Waals surface area contributed by atoms with Crippen LogP contribution in [-0.2, 0) is 20.9 Å². The van der Waals surface area contributed by atoms with Crippen LogP contribution in [0.4, 0.5) is 4.79 Å². The van der Waals surface area contributed by atoms with Crippen molar-refractivity contribution >= 4 is 34.7 Å². The van der Waals surface area contributed by atoms with Crippen molar-refractivity contribution in [2.24, 2.45) is 5.92 Å². The maximum atomic E-state index is 11.7. The molecule has 1 saturated heterocycles. The Bertz CT molecular complexity index is 508. The first kappa shape index (κ1) is 16.1. The van der Waals surface area contributed by atoms with Gasteiger partial charge in [-0.1, -0.05) is 59.8 Å². The standard InChI is InChI=1S/C15H18INO4/c1-11-7-15(9-16,21-13(11)18)10-17-14(19)20-8-12-5-3-2-4-6-12/h2-6,11H,7-10H2,1H3,(H,17,19)/t11-,15+/m0/s1. The van der Waals surface area contributed by atoms with Crippen LogP contribution in [0.3, 0.4) is 0 Å². The van der Waals surface area contributed by atoms with Gasteiger partial charge in [0.1, 0.15) is 12.2 Å². The highest BCUT2D eigenvalue weighted by Crippen LogP contribution is 2.32. The number of esters is 1. The van der Waals surface area contributed by atoms with Crippen molar-refractivity contribution in [2.75, 3.05) is 11.0 Å². The number of alkyl carbamates (subject to hydrolysis) is 1. The number of amides is 1. The zero-order valence-electron chi connectivity index (χ0n) is 11.8. The molecular formula is C15H18INO4. The summed E-state index contributed by atoms with van der Waals surface area (Å²) in [7, 11) is 0. The van der Waals surface area contributed by atoms with Gasteiger partial charge in [0.2, 0.25) is 0 Å². The molecule has 0 unspecified atom stereocenters. The highest BCUT2D eigenvalue weighted by molar-refractivity contribution is 14.1. The topological polar surface area (TPSA) is 64.6 Å². The number of hydrogen-bond donors (Lipinski definition) is 1. The predicted molar refractivity (Wildman–Crippen MR) is 86.1 cm³/mol. The summed E-state index contributed by atoms with van der Waals surface area (Å²) >= 11 is 2.17. The molecule has 21 heavy (non-hydrogen) atoms. The van der Waals surface area contributed by atoms with E-state index in [0.29, 0.717) is 10.8 Å². The summed E-state index contributed by atoms with van der Waals surface area (Å²) in [6, 6.07) is 9.46. The number of ether oxygens (including phenoxy) is 2. The molecule has 1 fully saturated rings. The first-order valence-electron chi connectivity index (χ1n) is 6.78. The number of hydrogen-bond acceptors (Lipinski definition) is 4. The van der Waals surface area contributed by atoms with Crippen LogP contribution >= 0.6 is 22.6 Å². The summed E-state index contributed by atoms with van der Waals surface area (Å²) < 4.78 is 11.2. The molecule has 0 saturated carbocycles. The number of carbonyl (C=O) groups excluding carboxylic acids is 2. The lowest BCUT2D eigenvalue weighted by atomic mass is 9.97. The molecule has 0 aromatic heterocycles. The van der Waals surface area contributed by atoms with Gasteiger partial charge in [-0.15, -0.1) is 0 Å². The molecule has 1 N–H and O–H groups in total. The van der Waals surface area contributed by atoms with Gasteiger partial charge < -0.3 is 14.8 Å². The monoisotopic (exact) mass is 403 g/mol. The number of benzene rings is 1. The van der Waals surface area contributed by atoms with Crippen LogP contribution in [0.5, 0.6) is 0 Å². The molecule has 1 aromatic rings. The summed E-state index contributed by atoms with van der Waals surface area (Å²) in [6.45, 7) is 2.34. The molecule has 0 spiro atoms. The second-order valence-corrected chi connectivity index (χ2v) is 6.02. The first-order valence-corrected chi connectivity index (χ1v) is 8.30. The van der Waals surface area contributed by atoms with Gasteiger partial charge in [-0.05, 0) is 5.56 Å². The van der Waals surface area contributed by atoms with Crippen LogP contribution in [0.15, 0.2) is 30.3 Å². The quantitative estimate of drug-likeness (QED) is 0.467. The van der Waals surface area contributed by atoms with Gasteiger partial charge in [-0.3, -0.25) is 4.79 Å². The highest BCUT2D eigenvalue weighted by Gasteiger charge is 2.44. The van der Waals surface area contributed by atoms with Crippen molar-refractivity contribution in [3.63, 3.8) is 0 Å². The van der Waals surface area contributed by atoms with Crippen LogP contribution in [-0.4, -0.2) is 28.6 Å². The van der Waals surface area contributed by atoms with E-state index in [4.69, 9.17) is 9.47 Å². The summed E-state index contributed by atoms with van der Waals surface area (Å²) in [5.74, 6) is -0.326. The molecule has 1 aromatic carbocycles. The number of carbonyl (C=O) groups is 2. The van der Waals surface area contributed by atoms with E-state index in [0.717, 1.165) is 5.56 Å². The van der Waals surface area contributed by atoms with E-state index in [1.165, 1.54) is 0 Å². The second-order valence-electron chi connectivity index (χ2n) is 5.26. The Morgan fingerprint density at radius 2 is 2.19 bits per heavy atom. The van der Waals surface area contributed by atoms with E-state index in [1.54, 1.807) is 0 Å². The van der Waals surface area contributed by atoms with E-state index in [-0.39, 0.29) is 25.0 Å². The fourth-order valence-electron chi connectivity index (χ4n) is 2.24. The number of rotatable bonds is 5. The predicted octanol–water partition coefficient (Wildman–Crippen LogP) is 2.67. The van der Waals surface area contributed by atoms with E-state index < -0.39 is 11.7 Å². The maximum Gasteiger partial charge on any atom is 0.407 e. The Morgan fingerprint density at radius 1 is 1.48 bits per heavy atom. The van der Waals surface area contributed by atoms with Gasteiger partial charge in [0.05, 0.1) is 12.5 Å². The Kier molecular flexibility index (Phi) is 5.44. The third kappa shape index (κ3) is 4.33. The van der Waals surface area contributed by atoms with Crippen LogP contribution in [0.25, 0.3) is 0 Å². The Labute approximate surface area is 137 Å². The molecule has 0 radical (unpaired) electrons. The molecular weight excluding hydrogens is 385 g/mol. The van der Waals surface area contributed by atoms with Gasteiger partial charge in [-0.2, -0.15) is 0 Å². The zero-order valence-corrected chi connectivity index (χ0v) is 14.0. The van der Waals surface area contributed by atoms with Crippen molar-refractivity contribution in [3.8, 4) is 0 Å². The molecule has 1 amide bonds. The minimum absolute atomic E-state index is 0.123. The highest BCUT2D eigenvalue weighted by atomic mass is 127. The van der Waals surface area contributed by atoms with Crippen LogP contribution < -0.4 is 5.32 Å². The molecule has 0 bridgehead atoms. The van der Waals surface area contributed by atoms with Crippen molar-refractivity contribution in [1.82, 2.24) is 5.32 Å². The fraction of sp³-hybridized carbons (Fsp3) is 0.467. The normalized spacial score (nSPS) is 24.5. The largest absolute Gasteiger partial charge is 0.456 e. The molecule has 1 aliphatic heterocycles. The minimum Gasteiger partial charge on any atom is -0.456 e. The van der Waals surface area contributed by atoms with E-state index in [2.05, 4.69) is 27.9 Å². The van der Waals surface area contributed by atoms with Crippen LogP contribution in [0.1, 0.15) is 18.9 Å². The molecule has 2 atom stereocenters. The van der Waals surface area contributed by atoms with Gasteiger partial charge in [0.25, 0.3) is 0 Å². The van der Waals surface area contributed by atoms with Gasteiger partial charge in [0.15, 0.2) is 0 Å². The van der Waals surface area contributed by atoms with Crippen molar-refractivity contribution in [3.05, 3.63) is 35.9 Å². The van der Waals surface area contributed by atoms with E-state index in [1.807, 2.05) is 37.3 Å². The summed E-state index contributed by atoms with van der Waals surface area (Å²) in [5.41, 5.74) is 0.320. The molecule has 2 rings (SSSR count). The average molecular weight is 403 g/mol. The van der Waals surface area contributed by atoms with Crippen LogP contribution in [0.2, 0.25) is 0 Å². The lowest BCUT2D eigenvalue weighted by Gasteiger charge is -2.25. The maximum absolute atomic E-state index is 11.7. The van der Waals surface area contributed by atoms with Crippen LogP contribution in [0, 0.1) is 5.92 Å². The number of halogens is 1.